The molecule has 0 unspecified atom stereocenters. The Bertz CT molecular complexity index is 1010. The minimum absolute atomic E-state index is 0.0679. The van der Waals surface area contributed by atoms with Crippen LogP contribution in [0.3, 0.4) is 0 Å². The SMILES string of the molecule is COc1ccc(OC)c(S(=O)(=O)N/N=C(\C)c2c(O)cc(C)oc2=O)c1. The lowest BCUT2D eigenvalue weighted by Crippen LogP contribution is -2.22. The topological polar surface area (TPSA) is 127 Å². The second-order valence-electron chi connectivity index (χ2n) is 5.21. The number of sulfonamides is 1. The van der Waals surface area contributed by atoms with Gasteiger partial charge in [-0.3, -0.25) is 0 Å². The van der Waals surface area contributed by atoms with Crippen molar-refractivity contribution < 1.29 is 27.4 Å². The molecule has 0 aliphatic heterocycles. The number of hydrogen-bond donors (Lipinski definition) is 2. The third kappa shape index (κ3) is 3.97. The molecule has 0 aliphatic rings. The quantitative estimate of drug-likeness (QED) is 0.570. The van der Waals surface area contributed by atoms with Crippen molar-refractivity contribution in [3.63, 3.8) is 0 Å². The molecule has 9 nitrogen and oxygen atoms in total. The molecule has 0 fully saturated rings. The van der Waals surface area contributed by atoms with Gasteiger partial charge in [-0.1, -0.05) is 0 Å². The average molecular weight is 382 g/mol. The van der Waals surface area contributed by atoms with E-state index in [0.29, 0.717) is 5.75 Å². The van der Waals surface area contributed by atoms with Crippen LogP contribution in [0.15, 0.2) is 43.5 Å². The van der Waals surface area contributed by atoms with Crippen molar-refractivity contribution in [2.24, 2.45) is 5.10 Å². The molecular formula is C16H18N2O7S. The van der Waals surface area contributed by atoms with Gasteiger partial charge in [-0.25, -0.2) is 4.79 Å². The molecule has 0 aliphatic carbocycles. The first-order valence-corrected chi connectivity index (χ1v) is 8.80. The fourth-order valence-corrected chi connectivity index (χ4v) is 3.20. The van der Waals surface area contributed by atoms with E-state index in [9.17, 15) is 18.3 Å². The normalized spacial score (nSPS) is 11.9. The summed E-state index contributed by atoms with van der Waals surface area (Å²) in [6.07, 6.45) is 0. The van der Waals surface area contributed by atoms with Crippen LogP contribution in [-0.4, -0.2) is 33.5 Å². The highest BCUT2D eigenvalue weighted by Crippen LogP contribution is 2.28. The molecule has 140 valence electrons. The zero-order chi connectivity index (χ0) is 19.5. The third-order valence-electron chi connectivity index (χ3n) is 3.41. The molecule has 0 saturated carbocycles. The number of methoxy groups -OCH3 is 2. The largest absolute Gasteiger partial charge is 0.507 e. The van der Waals surface area contributed by atoms with Crippen LogP contribution in [0, 0.1) is 6.92 Å². The first kappa shape index (κ1) is 19.3. The third-order valence-corrected chi connectivity index (χ3v) is 4.64. The van der Waals surface area contributed by atoms with E-state index in [4.69, 9.17) is 13.9 Å². The van der Waals surface area contributed by atoms with Gasteiger partial charge in [0, 0.05) is 12.1 Å². The summed E-state index contributed by atoms with van der Waals surface area (Å²) in [7, 11) is -1.41. The average Bonchev–Trinajstić information content (AvgIpc) is 2.58. The summed E-state index contributed by atoms with van der Waals surface area (Å²) in [4.78, 5) is 13.7. The summed E-state index contributed by atoms with van der Waals surface area (Å²) >= 11 is 0. The Morgan fingerprint density at radius 3 is 2.50 bits per heavy atom. The predicted molar refractivity (Wildman–Crippen MR) is 93.5 cm³/mol. The number of benzene rings is 1. The molecular weight excluding hydrogens is 364 g/mol. The molecule has 0 saturated heterocycles. The lowest BCUT2D eigenvalue weighted by atomic mass is 10.2. The molecule has 2 N–H and O–H groups in total. The Kier molecular flexibility index (Phi) is 5.56. The molecule has 10 heteroatoms. The number of hydrogen-bond acceptors (Lipinski definition) is 8. The highest BCUT2D eigenvalue weighted by molar-refractivity contribution is 7.89. The van der Waals surface area contributed by atoms with Crippen LogP contribution < -0.4 is 19.9 Å². The van der Waals surface area contributed by atoms with Crippen LogP contribution in [0.25, 0.3) is 0 Å². The maximum atomic E-state index is 12.5. The molecule has 2 rings (SSSR count). The van der Waals surface area contributed by atoms with E-state index in [0.717, 1.165) is 0 Å². The van der Waals surface area contributed by atoms with Crippen molar-refractivity contribution in [3.05, 3.63) is 46.0 Å². The number of nitrogens with one attached hydrogen (secondary N) is 1. The number of ether oxygens (including phenoxy) is 2. The van der Waals surface area contributed by atoms with E-state index in [-0.39, 0.29) is 33.4 Å². The molecule has 0 radical (unpaired) electrons. The maximum Gasteiger partial charge on any atom is 0.348 e. The Hall–Kier alpha value is -3.01. The summed E-state index contributed by atoms with van der Waals surface area (Å²) in [6, 6.07) is 5.48. The monoisotopic (exact) mass is 382 g/mol. The van der Waals surface area contributed by atoms with Crippen LogP contribution in [0.5, 0.6) is 17.2 Å². The molecule has 0 spiro atoms. The summed E-state index contributed by atoms with van der Waals surface area (Å²) in [5.41, 5.74) is -1.14. The summed E-state index contributed by atoms with van der Waals surface area (Å²) < 4.78 is 40.0. The van der Waals surface area contributed by atoms with Crippen LogP contribution in [0.2, 0.25) is 0 Å². The Morgan fingerprint density at radius 2 is 1.92 bits per heavy atom. The van der Waals surface area contributed by atoms with Crippen LogP contribution >= 0.6 is 0 Å². The van der Waals surface area contributed by atoms with Crippen molar-refractivity contribution in [3.8, 4) is 17.2 Å². The van der Waals surface area contributed by atoms with E-state index in [1.54, 1.807) is 6.07 Å². The Labute approximate surface area is 149 Å². The molecule has 1 aromatic carbocycles. The Balaban J connectivity index is 2.42. The standard InChI is InChI=1S/C16H18N2O7S/c1-9-7-12(19)15(16(20)25-9)10(2)17-18-26(21,22)14-8-11(23-3)5-6-13(14)24-4/h5-8,18-19H,1-4H3/b17-10+. The van der Waals surface area contributed by atoms with Gasteiger partial charge in [-0.15, -0.1) is 0 Å². The lowest BCUT2D eigenvalue weighted by Gasteiger charge is -2.11. The van der Waals surface area contributed by atoms with Gasteiger partial charge in [0.1, 0.15) is 33.5 Å². The molecule has 1 aromatic heterocycles. The minimum Gasteiger partial charge on any atom is -0.507 e. The number of aryl methyl sites for hydroxylation is 1. The molecule has 0 bridgehead atoms. The van der Waals surface area contributed by atoms with Gasteiger partial charge in [-0.05, 0) is 26.0 Å². The highest BCUT2D eigenvalue weighted by Gasteiger charge is 2.21. The summed E-state index contributed by atoms with van der Waals surface area (Å²) in [5.74, 6) is 0.247. The second kappa shape index (κ2) is 7.48. The minimum atomic E-state index is -4.13. The zero-order valence-electron chi connectivity index (χ0n) is 14.6. The summed E-state index contributed by atoms with van der Waals surface area (Å²) in [5, 5.41) is 13.6. The Morgan fingerprint density at radius 1 is 1.23 bits per heavy atom. The van der Waals surface area contributed by atoms with E-state index < -0.39 is 15.6 Å². The summed E-state index contributed by atoms with van der Waals surface area (Å²) in [6.45, 7) is 2.85. The molecule has 26 heavy (non-hydrogen) atoms. The second-order valence-corrected chi connectivity index (χ2v) is 6.84. The number of aromatic hydroxyl groups is 1. The molecule has 0 amide bonds. The lowest BCUT2D eigenvalue weighted by molar-refractivity contribution is 0.392. The van der Waals surface area contributed by atoms with Gasteiger partial charge in [0.05, 0.1) is 19.9 Å². The number of rotatable bonds is 6. The van der Waals surface area contributed by atoms with Gasteiger partial charge < -0.3 is 19.0 Å². The van der Waals surface area contributed by atoms with Crippen molar-refractivity contribution in [1.29, 1.82) is 0 Å². The van der Waals surface area contributed by atoms with Crippen molar-refractivity contribution in [2.75, 3.05) is 14.2 Å². The van der Waals surface area contributed by atoms with Crippen LogP contribution in [-0.2, 0) is 10.0 Å². The number of hydrazone groups is 1. The van der Waals surface area contributed by atoms with Gasteiger partial charge in [0.15, 0.2) is 0 Å². The van der Waals surface area contributed by atoms with E-state index in [1.165, 1.54) is 46.3 Å². The predicted octanol–water partition coefficient (Wildman–Crippen LogP) is 1.37. The van der Waals surface area contributed by atoms with Gasteiger partial charge in [-0.2, -0.15) is 18.4 Å². The van der Waals surface area contributed by atoms with E-state index in [1.807, 2.05) is 4.83 Å². The molecule has 2 aromatic rings. The smallest absolute Gasteiger partial charge is 0.348 e. The maximum absolute atomic E-state index is 12.5. The van der Waals surface area contributed by atoms with Crippen LogP contribution in [0.1, 0.15) is 18.2 Å². The van der Waals surface area contributed by atoms with Crippen molar-refractivity contribution >= 4 is 15.7 Å². The highest BCUT2D eigenvalue weighted by atomic mass is 32.2. The van der Waals surface area contributed by atoms with E-state index in [2.05, 4.69) is 5.10 Å². The fourth-order valence-electron chi connectivity index (χ4n) is 2.16. The first-order valence-electron chi connectivity index (χ1n) is 7.31. The van der Waals surface area contributed by atoms with E-state index >= 15 is 0 Å². The van der Waals surface area contributed by atoms with Gasteiger partial charge >= 0.3 is 5.63 Å². The van der Waals surface area contributed by atoms with Gasteiger partial charge in [0.25, 0.3) is 10.0 Å². The first-order chi connectivity index (χ1) is 12.2. The molecule has 0 atom stereocenters. The van der Waals surface area contributed by atoms with Crippen molar-refractivity contribution in [1.82, 2.24) is 4.83 Å². The van der Waals surface area contributed by atoms with Crippen LogP contribution in [0.4, 0.5) is 0 Å². The number of nitrogens with zero attached hydrogens (tertiary/aromatic N) is 1. The molecule has 1 heterocycles. The zero-order valence-corrected chi connectivity index (χ0v) is 15.4. The van der Waals surface area contributed by atoms with Gasteiger partial charge in [0.2, 0.25) is 0 Å². The van der Waals surface area contributed by atoms with Crippen molar-refractivity contribution in [2.45, 2.75) is 18.7 Å². The fraction of sp³-hybridized carbons (Fsp3) is 0.250.